The van der Waals surface area contributed by atoms with Gasteiger partial charge in [0.1, 0.15) is 19.1 Å². The molecule has 0 radical (unpaired) electrons. The van der Waals surface area contributed by atoms with Crippen LogP contribution in [0, 0.1) is 0 Å². The lowest BCUT2D eigenvalue weighted by molar-refractivity contribution is -0.243. The lowest BCUT2D eigenvalue weighted by Crippen LogP contribution is -2.24. The normalized spacial score (nSPS) is 12.8. The van der Waals surface area contributed by atoms with E-state index in [4.69, 9.17) is 9.47 Å². The zero-order chi connectivity index (χ0) is 19.0. The fourth-order valence-corrected chi connectivity index (χ4v) is 2.62. The van der Waals surface area contributed by atoms with E-state index in [-0.39, 0.29) is 5.56 Å². The van der Waals surface area contributed by atoms with E-state index >= 15 is 0 Å². The standard InChI is InChI=1S/C20H23F3O3/c1-3-7-16-12-17(19(20(21,22)23)26-14-24-2)10-11-18(16)25-13-15-8-5-4-6-9-15/h4-6,8-12,19H,3,7,13-14H2,1-2H3. The number of methoxy groups -OCH3 is 1. The van der Waals surface area contributed by atoms with Gasteiger partial charge in [0.2, 0.25) is 0 Å². The summed E-state index contributed by atoms with van der Waals surface area (Å²) in [4.78, 5) is 0. The third kappa shape index (κ3) is 5.75. The zero-order valence-corrected chi connectivity index (χ0v) is 14.9. The maximum absolute atomic E-state index is 13.3. The monoisotopic (exact) mass is 368 g/mol. The van der Waals surface area contributed by atoms with Gasteiger partial charge in [0, 0.05) is 7.11 Å². The van der Waals surface area contributed by atoms with Gasteiger partial charge in [0.25, 0.3) is 0 Å². The molecule has 0 saturated heterocycles. The number of hydrogen-bond acceptors (Lipinski definition) is 3. The number of benzene rings is 2. The quantitative estimate of drug-likeness (QED) is 0.552. The predicted molar refractivity (Wildman–Crippen MR) is 93.0 cm³/mol. The smallest absolute Gasteiger partial charge is 0.418 e. The van der Waals surface area contributed by atoms with Crippen molar-refractivity contribution in [1.29, 1.82) is 0 Å². The van der Waals surface area contributed by atoms with Crippen molar-refractivity contribution >= 4 is 0 Å². The topological polar surface area (TPSA) is 27.7 Å². The van der Waals surface area contributed by atoms with Gasteiger partial charge in [-0.1, -0.05) is 49.7 Å². The molecule has 0 amide bonds. The Kier molecular flexibility index (Phi) is 7.48. The average Bonchev–Trinajstić information content (AvgIpc) is 2.61. The van der Waals surface area contributed by atoms with Crippen molar-refractivity contribution in [2.75, 3.05) is 13.9 Å². The predicted octanol–water partition coefficient (Wildman–Crippen LogP) is 5.44. The third-order valence-corrected chi connectivity index (χ3v) is 3.79. The second-order valence-electron chi connectivity index (χ2n) is 5.89. The highest BCUT2D eigenvalue weighted by Crippen LogP contribution is 2.37. The molecule has 6 heteroatoms. The second-order valence-corrected chi connectivity index (χ2v) is 5.89. The number of rotatable bonds is 9. The Hall–Kier alpha value is -2.05. The molecular formula is C20H23F3O3. The van der Waals surface area contributed by atoms with E-state index in [2.05, 4.69) is 4.74 Å². The molecule has 0 saturated carbocycles. The van der Waals surface area contributed by atoms with Crippen molar-refractivity contribution in [3.8, 4) is 5.75 Å². The van der Waals surface area contributed by atoms with Crippen molar-refractivity contribution in [2.24, 2.45) is 0 Å². The Morgan fingerprint density at radius 3 is 2.38 bits per heavy atom. The molecule has 0 aliphatic carbocycles. The van der Waals surface area contributed by atoms with Gasteiger partial charge in [-0.3, -0.25) is 0 Å². The molecule has 0 N–H and O–H groups in total. The van der Waals surface area contributed by atoms with Gasteiger partial charge in [-0.2, -0.15) is 13.2 Å². The highest BCUT2D eigenvalue weighted by Gasteiger charge is 2.42. The minimum atomic E-state index is -4.52. The molecule has 0 aliphatic rings. The zero-order valence-electron chi connectivity index (χ0n) is 14.9. The van der Waals surface area contributed by atoms with Crippen LogP contribution in [0.5, 0.6) is 5.75 Å². The first kappa shape index (κ1) is 20.3. The van der Waals surface area contributed by atoms with Crippen LogP contribution in [0.15, 0.2) is 48.5 Å². The summed E-state index contributed by atoms with van der Waals surface area (Å²) in [5, 5.41) is 0. The molecule has 1 unspecified atom stereocenters. The minimum Gasteiger partial charge on any atom is -0.489 e. The van der Waals surface area contributed by atoms with Crippen LogP contribution >= 0.6 is 0 Å². The van der Waals surface area contributed by atoms with Crippen molar-refractivity contribution in [3.63, 3.8) is 0 Å². The van der Waals surface area contributed by atoms with Crippen LogP contribution < -0.4 is 4.74 Å². The molecule has 2 aromatic rings. The summed E-state index contributed by atoms with van der Waals surface area (Å²) >= 11 is 0. The Bertz CT molecular complexity index is 672. The van der Waals surface area contributed by atoms with E-state index in [0.717, 1.165) is 17.5 Å². The fraction of sp³-hybridized carbons (Fsp3) is 0.400. The Balaban J connectivity index is 2.23. The van der Waals surface area contributed by atoms with Gasteiger partial charge in [0.05, 0.1) is 0 Å². The minimum absolute atomic E-state index is 0.0464. The highest BCUT2D eigenvalue weighted by molar-refractivity contribution is 5.39. The SMILES string of the molecule is CCCc1cc(C(OCOC)C(F)(F)F)ccc1OCc1ccccc1. The maximum atomic E-state index is 13.3. The Labute approximate surface area is 151 Å². The summed E-state index contributed by atoms with van der Waals surface area (Å²) < 4.78 is 55.2. The molecule has 26 heavy (non-hydrogen) atoms. The van der Waals surface area contributed by atoms with Crippen LogP contribution in [0.25, 0.3) is 0 Å². The van der Waals surface area contributed by atoms with Crippen molar-refractivity contribution < 1.29 is 27.4 Å². The molecule has 142 valence electrons. The molecule has 0 aromatic heterocycles. The Morgan fingerprint density at radius 1 is 1.04 bits per heavy atom. The van der Waals surface area contributed by atoms with Crippen molar-refractivity contribution in [1.82, 2.24) is 0 Å². The number of hydrogen-bond donors (Lipinski definition) is 0. The Morgan fingerprint density at radius 2 is 1.77 bits per heavy atom. The van der Waals surface area contributed by atoms with Crippen molar-refractivity contribution in [2.45, 2.75) is 38.7 Å². The van der Waals surface area contributed by atoms with Crippen LogP contribution in [0.3, 0.4) is 0 Å². The van der Waals surface area contributed by atoms with E-state index in [0.29, 0.717) is 18.8 Å². The van der Waals surface area contributed by atoms with E-state index in [9.17, 15) is 13.2 Å². The number of alkyl halides is 3. The number of aryl methyl sites for hydroxylation is 1. The first-order chi connectivity index (χ1) is 12.5. The summed E-state index contributed by atoms with van der Waals surface area (Å²) in [5.74, 6) is 0.590. The molecule has 0 heterocycles. The lowest BCUT2D eigenvalue weighted by atomic mass is 10.0. The average molecular weight is 368 g/mol. The fourth-order valence-electron chi connectivity index (χ4n) is 2.62. The van der Waals surface area contributed by atoms with Crippen molar-refractivity contribution in [3.05, 3.63) is 65.2 Å². The van der Waals surface area contributed by atoms with E-state index in [1.165, 1.54) is 19.2 Å². The van der Waals surface area contributed by atoms with E-state index in [1.54, 1.807) is 6.07 Å². The van der Waals surface area contributed by atoms with Crippen LogP contribution in [-0.4, -0.2) is 20.1 Å². The molecule has 3 nitrogen and oxygen atoms in total. The first-order valence-corrected chi connectivity index (χ1v) is 8.42. The number of ether oxygens (including phenoxy) is 3. The van der Waals surface area contributed by atoms with Gasteiger partial charge in [-0.15, -0.1) is 0 Å². The third-order valence-electron chi connectivity index (χ3n) is 3.79. The molecule has 0 bridgehead atoms. The first-order valence-electron chi connectivity index (χ1n) is 8.42. The van der Waals surface area contributed by atoms with Gasteiger partial charge in [-0.25, -0.2) is 0 Å². The second kappa shape index (κ2) is 9.59. The molecular weight excluding hydrogens is 345 g/mol. The summed E-state index contributed by atoms with van der Waals surface area (Å²) in [6.07, 6.45) is -5.14. The van der Waals surface area contributed by atoms with E-state index in [1.807, 2.05) is 37.3 Å². The molecule has 2 aromatic carbocycles. The molecule has 0 aliphatic heterocycles. The number of halogens is 3. The van der Waals surface area contributed by atoms with Gasteiger partial charge < -0.3 is 14.2 Å². The lowest BCUT2D eigenvalue weighted by Gasteiger charge is -2.22. The van der Waals surface area contributed by atoms with Crippen LogP contribution in [0.1, 0.15) is 36.1 Å². The van der Waals surface area contributed by atoms with Gasteiger partial charge >= 0.3 is 6.18 Å². The van der Waals surface area contributed by atoms with Crippen LogP contribution in [0.2, 0.25) is 0 Å². The molecule has 0 spiro atoms. The molecule has 2 rings (SSSR count). The largest absolute Gasteiger partial charge is 0.489 e. The van der Waals surface area contributed by atoms with Crippen LogP contribution in [-0.2, 0) is 22.5 Å². The summed E-state index contributed by atoms with van der Waals surface area (Å²) in [5.41, 5.74) is 1.77. The highest BCUT2D eigenvalue weighted by atomic mass is 19.4. The molecule has 1 atom stereocenters. The van der Waals surface area contributed by atoms with E-state index < -0.39 is 19.1 Å². The summed E-state index contributed by atoms with van der Waals surface area (Å²) in [6, 6.07) is 14.1. The summed E-state index contributed by atoms with van der Waals surface area (Å²) in [6.45, 7) is 1.90. The summed E-state index contributed by atoms with van der Waals surface area (Å²) in [7, 11) is 1.29. The molecule has 0 fully saturated rings. The maximum Gasteiger partial charge on any atom is 0.418 e. The van der Waals surface area contributed by atoms with Crippen LogP contribution in [0.4, 0.5) is 13.2 Å². The van der Waals surface area contributed by atoms with Gasteiger partial charge in [0.15, 0.2) is 6.10 Å². The van der Waals surface area contributed by atoms with Gasteiger partial charge in [-0.05, 0) is 35.2 Å².